The minimum atomic E-state index is -0.485. The van der Waals surface area contributed by atoms with E-state index < -0.39 is 6.04 Å². The van der Waals surface area contributed by atoms with E-state index in [0.29, 0.717) is 23.6 Å². The zero-order valence-corrected chi connectivity index (χ0v) is 16.4. The third kappa shape index (κ3) is 4.27. The standard InChI is InChI=1S/C21H24N2O3S/c1-3-13-22-19(24)18-14-27-21(16-7-5-4-6-8-16)23(18)20(25)15-9-11-17(26-2)12-10-15/h4-12,18,21H,3,13-14H2,1-2H3,(H,22,24). The van der Waals surface area contributed by atoms with E-state index in [4.69, 9.17) is 4.74 Å². The number of benzene rings is 2. The van der Waals surface area contributed by atoms with Crippen LogP contribution in [0.2, 0.25) is 0 Å². The Morgan fingerprint density at radius 1 is 1.15 bits per heavy atom. The van der Waals surface area contributed by atoms with Gasteiger partial charge >= 0.3 is 0 Å². The van der Waals surface area contributed by atoms with Crippen molar-refractivity contribution in [2.24, 2.45) is 0 Å². The van der Waals surface area contributed by atoms with E-state index in [2.05, 4.69) is 5.32 Å². The van der Waals surface area contributed by atoms with Gasteiger partial charge in [-0.2, -0.15) is 0 Å². The van der Waals surface area contributed by atoms with Gasteiger partial charge in [-0.3, -0.25) is 9.59 Å². The Hall–Kier alpha value is -2.47. The van der Waals surface area contributed by atoms with Gasteiger partial charge in [-0.05, 0) is 36.2 Å². The van der Waals surface area contributed by atoms with Gasteiger partial charge in [-0.25, -0.2) is 0 Å². The Kier molecular flexibility index (Phi) is 6.40. The first-order valence-corrected chi connectivity index (χ1v) is 10.1. The number of hydrogen-bond donors (Lipinski definition) is 1. The molecule has 0 bridgehead atoms. The minimum absolute atomic E-state index is 0.0929. The van der Waals surface area contributed by atoms with Crippen LogP contribution in [0.1, 0.15) is 34.6 Å². The van der Waals surface area contributed by atoms with Crippen LogP contribution in [0.5, 0.6) is 5.75 Å². The summed E-state index contributed by atoms with van der Waals surface area (Å²) in [5.74, 6) is 1.04. The summed E-state index contributed by atoms with van der Waals surface area (Å²) in [7, 11) is 1.59. The number of rotatable bonds is 6. The monoisotopic (exact) mass is 384 g/mol. The SMILES string of the molecule is CCCNC(=O)C1CSC(c2ccccc2)N1C(=O)c1ccc(OC)cc1. The molecule has 2 atom stereocenters. The predicted molar refractivity (Wildman–Crippen MR) is 108 cm³/mol. The molecule has 5 nitrogen and oxygen atoms in total. The predicted octanol–water partition coefficient (Wildman–Crippen LogP) is 3.48. The number of thioether (sulfide) groups is 1. The number of nitrogens with one attached hydrogen (secondary N) is 1. The van der Waals surface area contributed by atoms with E-state index in [1.54, 1.807) is 48.0 Å². The Morgan fingerprint density at radius 3 is 2.48 bits per heavy atom. The molecule has 0 saturated carbocycles. The van der Waals surface area contributed by atoms with Crippen molar-refractivity contribution >= 4 is 23.6 Å². The summed E-state index contributed by atoms with van der Waals surface area (Å²) in [6.07, 6.45) is 0.861. The minimum Gasteiger partial charge on any atom is -0.497 e. The molecule has 1 aliphatic rings. The molecule has 1 aliphatic heterocycles. The molecule has 2 amide bonds. The van der Waals surface area contributed by atoms with Crippen LogP contribution in [0.15, 0.2) is 54.6 Å². The fourth-order valence-electron chi connectivity index (χ4n) is 3.08. The van der Waals surface area contributed by atoms with E-state index in [-0.39, 0.29) is 17.2 Å². The molecule has 0 aromatic heterocycles. The second-order valence-electron chi connectivity index (χ2n) is 6.34. The van der Waals surface area contributed by atoms with Crippen LogP contribution in [0.4, 0.5) is 0 Å². The largest absolute Gasteiger partial charge is 0.497 e. The first-order chi connectivity index (χ1) is 13.2. The molecule has 6 heteroatoms. The molecular weight excluding hydrogens is 360 g/mol. The summed E-state index contributed by atoms with van der Waals surface area (Å²) < 4.78 is 5.18. The van der Waals surface area contributed by atoms with E-state index in [1.807, 2.05) is 37.3 Å². The maximum Gasteiger partial charge on any atom is 0.255 e. The van der Waals surface area contributed by atoms with Crippen LogP contribution < -0.4 is 10.1 Å². The molecule has 142 valence electrons. The van der Waals surface area contributed by atoms with Gasteiger partial charge < -0.3 is 15.0 Å². The van der Waals surface area contributed by atoms with Crippen molar-refractivity contribution in [2.75, 3.05) is 19.4 Å². The molecule has 1 saturated heterocycles. The third-order valence-electron chi connectivity index (χ3n) is 4.51. The Balaban J connectivity index is 1.91. The Morgan fingerprint density at radius 2 is 1.85 bits per heavy atom. The van der Waals surface area contributed by atoms with Gasteiger partial charge in [0.2, 0.25) is 5.91 Å². The summed E-state index contributed by atoms with van der Waals surface area (Å²) in [6.45, 7) is 2.62. The topological polar surface area (TPSA) is 58.6 Å². The van der Waals surface area contributed by atoms with Crippen LogP contribution in [0.25, 0.3) is 0 Å². The van der Waals surface area contributed by atoms with Crippen LogP contribution in [0, 0.1) is 0 Å². The van der Waals surface area contributed by atoms with Gasteiger partial charge in [0, 0.05) is 17.9 Å². The number of methoxy groups -OCH3 is 1. The average Bonchev–Trinajstić information content (AvgIpc) is 3.17. The van der Waals surface area contributed by atoms with Gasteiger partial charge in [-0.1, -0.05) is 37.3 Å². The molecular formula is C21H24N2O3S. The summed E-state index contributed by atoms with van der Waals surface area (Å²) in [5.41, 5.74) is 1.57. The summed E-state index contributed by atoms with van der Waals surface area (Å²) in [6, 6.07) is 16.4. The lowest BCUT2D eigenvalue weighted by Crippen LogP contribution is -2.48. The summed E-state index contributed by atoms with van der Waals surface area (Å²) in [5, 5.41) is 2.75. The Labute approximate surface area is 164 Å². The molecule has 27 heavy (non-hydrogen) atoms. The highest BCUT2D eigenvalue weighted by molar-refractivity contribution is 7.99. The Bertz CT molecular complexity index is 780. The summed E-state index contributed by atoms with van der Waals surface area (Å²) in [4.78, 5) is 27.7. The molecule has 1 heterocycles. The van der Waals surface area contributed by atoms with Crippen LogP contribution in [-0.4, -0.2) is 42.2 Å². The highest BCUT2D eigenvalue weighted by atomic mass is 32.2. The molecule has 0 aliphatic carbocycles. The highest BCUT2D eigenvalue weighted by Gasteiger charge is 2.42. The van der Waals surface area contributed by atoms with Crippen LogP contribution in [-0.2, 0) is 4.79 Å². The van der Waals surface area contributed by atoms with Crippen LogP contribution in [0.3, 0.4) is 0 Å². The highest BCUT2D eigenvalue weighted by Crippen LogP contribution is 2.42. The van der Waals surface area contributed by atoms with E-state index >= 15 is 0 Å². The van der Waals surface area contributed by atoms with Gasteiger partial charge in [-0.15, -0.1) is 11.8 Å². The molecule has 0 spiro atoms. The van der Waals surface area contributed by atoms with Crippen molar-refractivity contribution in [1.29, 1.82) is 0 Å². The molecule has 2 aromatic rings. The van der Waals surface area contributed by atoms with Gasteiger partial charge in [0.05, 0.1) is 7.11 Å². The molecule has 1 N–H and O–H groups in total. The number of carbonyl (C=O) groups excluding carboxylic acids is 2. The lowest BCUT2D eigenvalue weighted by molar-refractivity contribution is -0.124. The van der Waals surface area contributed by atoms with Crippen molar-refractivity contribution < 1.29 is 14.3 Å². The normalized spacial score (nSPS) is 19.0. The number of carbonyl (C=O) groups is 2. The molecule has 0 radical (unpaired) electrons. The molecule has 1 fully saturated rings. The number of nitrogens with zero attached hydrogens (tertiary/aromatic N) is 1. The van der Waals surface area contributed by atoms with Crippen molar-refractivity contribution in [3.05, 3.63) is 65.7 Å². The third-order valence-corrected chi connectivity index (χ3v) is 5.83. The van der Waals surface area contributed by atoms with Gasteiger partial charge in [0.15, 0.2) is 0 Å². The second-order valence-corrected chi connectivity index (χ2v) is 7.46. The van der Waals surface area contributed by atoms with E-state index in [1.165, 1.54) is 0 Å². The quantitative estimate of drug-likeness (QED) is 0.828. The summed E-state index contributed by atoms with van der Waals surface area (Å²) >= 11 is 1.62. The number of amides is 2. The van der Waals surface area contributed by atoms with Crippen molar-refractivity contribution in [3.63, 3.8) is 0 Å². The van der Waals surface area contributed by atoms with E-state index in [0.717, 1.165) is 12.0 Å². The maximum absolute atomic E-state index is 13.3. The van der Waals surface area contributed by atoms with Crippen molar-refractivity contribution in [2.45, 2.75) is 24.8 Å². The first kappa shape index (κ1) is 19.3. The lowest BCUT2D eigenvalue weighted by atomic mass is 10.1. The molecule has 3 rings (SSSR count). The van der Waals surface area contributed by atoms with Gasteiger partial charge in [0.1, 0.15) is 17.2 Å². The second kappa shape index (κ2) is 8.95. The van der Waals surface area contributed by atoms with Crippen molar-refractivity contribution in [3.8, 4) is 5.75 Å². The lowest BCUT2D eigenvalue weighted by Gasteiger charge is -2.29. The molecule has 2 unspecified atom stereocenters. The fourth-order valence-corrected chi connectivity index (χ4v) is 4.51. The van der Waals surface area contributed by atoms with Crippen LogP contribution >= 0.6 is 11.8 Å². The molecule has 2 aromatic carbocycles. The zero-order chi connectivity index (χ0) is 19.2. The maximum atomic E-state index is 13.3. The van der Waals surface area contributed by atoms with E-state index in [9.17, 15) is 9.59 Å². The smallest absolute Gasteiger partial charge is 0.255 e. The number of hydrogen-bond acceptors (Lipinski definition) is 4. The fraction of sp³-hybridized carbons (Fsp3) is 0.333. The number of ether oxygens (including phenoxy) is 1. The zero-order valence-electron chi connectivity index (χ0n) is 15.6. The van der Waals surface area contributed by atoms with Gasteiger partial charge in [0.25, 0.3) is 5.91 Å². The van der Waals surface area contributed by atoms with Crippen molar-refractivity contribution in [1.82, 2.24) is 10.2 Å². The first-order valence-electron chi connectivity index (χ1n) is 9.06. The average molecular weight is 385 g/mol.